The molecule has 2 unspecified atom stereocenters. The third kappa shape index (κ3) is 2.91. The first kappa shape index (κ1) is 13.9. The molecule has 1 aromatic rings. The summed E-state index contributed by atoms with van der Waals surface area (Å²) in [6.07, 6.45) is 0.479. The fraction of sp³-hybridized carbons (Fsp3) is 0.545. The van der Waals surface area contributed by atoms with Gasteiger partial charge in [0.05, 0.1) is 6.61 Å². The molecule has 19 heavy (non-hydrogen) atoms. The molecule has 2 atom stereocenters. The molecule has 1 amide bonds. The Morgan fingerprint density at radius 1 is 1.74 bits per heavy atom. The molecule has 2 rings (SSSR count). The van der Waals surface area contributed by atoms with Gasteiger partial charge in [-0.15, -0.1) is 11.3 Å². The van der Waals surface area contributed by atoms with Crippen LogP contribution in [0.25, 0.3) is 0 Å². The predicted molar refractivity (Wildman–Crippen MR) is 65.8 cm³/mol. The van der Waals surface area contributed by atoms with Crippen LogP contribution in [-0.4, -0.2) is 59.8 Å². The van der Waals surface area contributed by atoms with Crippen molar-refractivity contribution in [3.8, 4) is 0 Å². The number of carbonyl (C=O) groups is 2. The van der Waals surface area contributed by atoms with Crippen molar-refractivity contribution in [1.29, 1.82) is 0 Å². The van der Waals surface area contributed by atoms with Crippen LogP contribution in [0, 0.1) is 0 Å². The van der Waals surface area contributed by atoms with Crippen molar-refractivity contribution < 1.29 is 24.2 Å². The molecule has 0 spiro atoms. The van der Waals surface area contributed by atoms with Gasteiger partial charge >= 0.3 is 5.97 Å². The Morgan fingerprint density at radius 2 is 2.53 bits per heavy atom. The normalized spacial score (nSPS) is 23.6. The van der Waals surface area contributed by atoms with Gasteiger partial charge in [-0.25, -0.2) is 9.78 Å². The summed E-state index contributed by atoms with van der Waals surface area (Å²) in [5.74, 6) is -1.36. The molecular formula is C11H14N2O5S. The summed E-state index contributed by atoms with van der Waals surface area (Å²) in [6, 6.07) is -0.700. The van der Waals surface area contributed by atoms with Crippen LogP contribution >= 0.6 is 11.3 Å². The lowest BCUT2D eigenvalue weighted by atomic mass is 10.1. The number of thiazole rings is 1. The Kier molecular flexibility index (Phi) is 4.46. The van der Waals surface area contributed by atoms with Crippen LogP contribution in [-0.2, 0) is 19.1 Å². The first-order valence-electron chi connectivity index (χ1n) is 5.67. The molecule has 1 aromatic heterocycles. The molecule has 1 saturated heterocycles. The third-order valence-corrected chi connectivity index (χ3v) is 3.66. The number of hydrogen-bond acceptors (Lipinski definition) is 6. The number of hydrogen-bond donors (Lipinski definition) is 1. The summed E-state index contributed by atoms with van der Waals surface area (Å²) in [5, 5.41) is 11.5. The van der Waals surface area contributed by atoms with Gasteiger partial charge in [-0.3, -0.25) is 4.79 Å². The number of nitrogens with zero attached hydrogens (tertiary/aromatic N) is 2. The summed E-state index contributed by atoms with van der Waals surface area (Å²) in [5.41, 5.74) is 0. The molecule has 0 saturated carbocycles. The number of morpholine rings is 1. The van der Waals surface area contributed by atoms with E-state index in [1.807, 2.05) is 0 Å². The van der Waals surface area contributed by atoms with Gasteiger partial charge in [-0.1, -0.05) is 0 Å². The number of ether oxygens (including phenoxy) is 2. The molecule has 0 aliphatic carbocycles. The van der Waals surface area contributed by atoms with E-state index in [1.54, 1.807) is 11.6 Å². The minimum Gasteiger partial charge on any atom is -0.479 e. The van der Waals surface area contributed by atoms with Crippen molar-refractivity contribution in [2.45, 2.75) is 12.1 Å². The van der Waals surface area contributed by atoms with Gasteiger partial charge in [0.2, 0.25) is 5.91 Å². The lowest BCUT2D eigenvalue weighted by molar-refractivity contribution is -0.173. The second kappa shape index (κ2) is 6.09. The smallest absolute Gasteiger partial charge is 0.335 e. The Balaban J connectivity index is 2.29. The van der Waals surface area contributed by atoms with Crippen LogP contribution in [0.4, 0.5) is 0 Å². The van der Waals surface area contributed by atoms with E-state index in [1.165, 1.54) is 23.3 Å². The Morgan fingerprint density at radius 3 is 3.11 bits per heavy atom. The highest BCUT2D eigenvalue weighted by Crippen LogP contribution is 2.31. The summed E-state index contributed by atoms with van der Waals surface area (Å²) in [7, 11) is 1.53. The minimum absolute atomic E-state index is 0.234. The van der Waals surface area contributed by atoms with Gasteiger partial charge in [-0.05, 0) is 0 Å². The van der Waals surface area contributed by atoms with Gasteiger partial charge in [0.15, 0.2) is 6.10 Å². The van der Waals surface area contributed by atoms with E-state index in [0.717, 1.165) is 0 Å². The van der Waals surface area contributed by atoms with Crippen LogP contribution in [0.1, 0.15) is 11.0 Å². The maximum atomic E-state index is 11.9. The number of aliphatic carboxylic acids is 1. The van der Waals surface area contributed by atoms with Crippen LogP contribution < -0.4 is 0 Å². The number of carbonyl (C=O) groups excluding carboxylic acids is 1. The van der Waals surface area contributed by atoms with Gasteiger partial charge < -0.3 is 19.5 Å². The highest BCUT2D eigenvalue weighted by Gasteiger charge is 2.43. The highest BCUT2D eigenvalue weighted by molar-refractivity contribution is 7.09. The van der Waals surface area contributed by atoms with E-state index in [2.05, 4.69) is 4.98 Å². The predicted octanol–water partition coefficient (Wildman–Crippen LogP) is 0.143. The average Bonchev–Trinajstić information content (AvgIpc) is 2.90. The largest absolute Gasteiger partial charge is 0.479 e. The highest BCUT2D eigenvalue weighted by atomic mass is 32.1. The van der Waals surface area contributed by atoms with Crippen LogP contribution in [0.3, 0.4) is 0 Å². The minimum atomic E-state index is -1.10. The molecular weight excluding hydrogens is 272 g/mol. The van der Waals surface area contributed by atoms with E-state index in [-0.39, 0.29) is 12.5 Å². The van der Waals surface area contributed by atoms with Crippen molar-refractivity contribution in [2.24, 2.45) is 0 Å². The van der Waals surface area contributed by atoms with Crippen molar-refractivity contribution in [1.82, 2.24) is 9.88 Å². The zero-order chi connectivity index (χ0) is 13.8. The average molecular weight is 286 g/mol. The summed E-state index contributed by atoms with van der Waals surface area (Å²) >= 11 is 1.30. The fourth-order valence-electron chi connectivity index (χ4n) is 1.96. The quantitative estimate of drug-likeness (QED) is 0.828. The lowest BCUT2D eigenvalue weighted by Gasteiger charge is -2.37. The standard InChI is InChI=1S/C11H14N2O5S/c1-17-4-3-13-7(14)6-18-9(11(15)16)8(13)10-12-2-5-19-10/h2,5,8-9H,3-4,6H2,1H3,(H,15,16). The van der Waals surface area contributed by atoms with Crippen molar-refractivity contribution in [3.05, 3.63) is 16.6 Å². The second-order valence-corrected chi connectivity index (χ2v) is 4.89. The number of carboxylic acids is 1. The third-order valence-electron chi connectivity index (χ3n) is 2.81. The van der Waals surface area contributed by atoms with Gasteiger partial charge in [-0.2, -0.15) is 0 Å². The topological polar surface area (TPSA) is 89.0 Å². The molecule has 7 nitrogen and oxygen atoms in total. The zero-order valence-corrected chi connectivity index (χ0v) is 11.1. The van der Waals surface area contributed by atoms with Gasteiger partial charge in [0, 0.05) is 25.2 Å². The summed E-state index contributed by atoms with van der Waals surface area (Å²) in [4.78, 5) is 28.7. The van der Waals surface area contributed by atoms with Crippen molar-refractivity contribution in [3.63, 3.8) is 0 Å². The number of amides is 1. The van der Waals surface area contributed by atoms with Gasteiger partial charge in [0.25, 0.3) is 0 Å². The number of rotatable bonds is 5. The molecule has 1 aliphatic heterocycles. The van der Waals surface area contributed by atoms with E-state index >= 15 is 0 Å². The van der Waals surface area contributed by atoms with Crippen molar-refractivity contribution >= 4 is 23.2 Å². The molecule has 1 aliphatic rings. The summed E-state index contributed by atoms with van der Waals surface area (Å²) < 4.78 is 10.1. The molecule has 8 heteroatoms. The van der Waals surface area contributed by atoms with Gasteiger partial charge in [0.1, 0.15) is 17.7 Å². The molecule has 2 heterocycles. The molecule has 104 valence electrons. The van der Waals surface area contributed by atoms with E-state index in [4.69, 9.17) is 9.47 Å². The maximum absolute atomic E-state index is 11.9. The maximum Gasteiger partial charge on any atom is 0.335 e. The van der Waals surface area contributed by atoms with E-state index in [9.17, 15) is 14.7 Å². The first-order valence-corrected chi connectivity index (χ1v) is 6.55. The molecule has 1 N–H and O–H groups in total. The molecule has 0 bridgehead atoms. The van der Waals surface area contributed by atoms with Crippen molar-refractivity contribution in [2.75, 3.05) is 26.9 Å². The Hall–Kier alpha value is -1.51. The van der Waals surface area contributed by atoms with Crippen LogP contribution in [0.15, 0.2) is 11.6 Å². The molecule has 0 radical (unpaired) electrons. The van der Waals surface area contributed by atoms with E-state index < -0.39 is 18.1 Å². The lowest BCUT2D eigenvalue weighted by Crippen LogP contribution is -2.52. The Bertz CT molecular complexity index is 450. The number of carboxylic acid groups (broad SMARTS) is 1. The number of aromatic nitrogens is 1. The Labute approximate surface area is 113 Å². The number of methoxy groups -OCH3 is 1. The second-order valence-electron chi connectivity index (χ2n) is 3.96. The summed E-state index contributed by atoms with van der Waals surface area (Å²) in [6.45, 7) is 0.412. The fourth-order valence-corrected chi connectivity index (χ4v) is 2.73. The van der Waals surface area contributed by atoms with Crippen LogP contribution in [0.2, 0.25) is 0 Å². The monoisotopic (exact) mass is 286 g/mol. The first-order chi connectivity index (χ1) is 9.15. The SMILES string of the molecule is COCCN1C(=O)COC(C(=O)O)C1c1nccs1. The zero-order valence-electron chi connectivity index (χ0n) is 10.3. The van der Waals surface area contributed by atoms with E-state index in [0.29, 0.717) is 18.2 Å². The molecule has 1 fully saturated rings. The molecule has 0 aromatic carbocycles. The van der Waals surface area contributed by atoms with Crippen LogP contribution in [0.5, 0.6) is 0 Å².